The van der Waals surface area contributed by atoms with Gasteiger partial charge in [0.25, 0.3) is 0 Å². The molecule has 1 radical (unpaired) electrons. The van der Waals surface area contributed by atoms with Gasteiger partial charge in [-0.3, -0.25) is 4.90 Å². The number of likely N-dealkylation sites (tertiary alicyclic amines) is 1. The Balaban J connectivity index is 2.40. The zero-order chi connectivity index (χ0) is 8.81. The van der Waals surface area contributed by atoms with Crippen LogP contribution >= 0.6 is 0 Å². The monoisotopic (exact) mass is 164 g/mol. The van der Waals surface area contributed by atoms with E-state index in [1.54, 1.807) is 0 Å². The first kappa shape index (κ1) is 9.28. The molecule has 1 aliphatic heterocycles. The number of hydrogen-bond acceptors (Lipinski definition) is 2. The van der Waals surface area contributed by atoms with E-state index in [0.717, 1.165) is 19.4 Å². The lowest BCUT2D eigenvalue weighted by Crippen LogP contribution is -2.32. The summed E-state index contributed by atoms with van der Waals surface area (Å²) in [6.45, 7) is 2.17. The Kier molecular flexibility index (Phi) is 3.83. The van der Waals surface area contributed by atoms with E-state index in [2.05, 4.69) is 10.8 Å². The van der Waals surface area contributed by atoms with E-state index in [1.165, 1.54) is 12.8 Å². The molecular weight excluding hydrogens is 150 g/mol. The highest BCUT2D eigenvalue weighted by molar-refractivity contribution is 5.50. The Bertz CT molecular complexity index is 177. The van der Waals surface area contributed by atoms with E-state index in [-0.39, 0.29) is 6.04 Å². The van der Waals surface area contributed by atoms with Gasteiger partial charge in [-0.05, 0) is 32.4 Å². The van der Waals surface area contributed by atoms with Gasteiger partial charge in [0.15, 0.2) is 0 Å². The molecular formula is C10H14NO. The third kappa shape index (κ3) is 2.35. The lowest BCUT2D eigenvalue weighted by atomic mass is 10.1. The van der Waals surface area contributed by atoms with Crippen LogP contribution in [0.15, 0.2) is 0 Å². The first-order valence-corrected chi connectivity index (χ1v) is 4.45. The number of hydrogen-bond donors (Lipinski definition) is 0. The molecule has 1 aliphatic rings. The fourth-order valence-electron chi connectivity index (χ4n) is 1.70. The molecule has 0 aromatic rings. The minimum absolute atomic E-state index is 0.238. The normalized spacial score (nSPS) is 20.2. The number of nitrogens with zero attached hydrogens (tertiary/aromatic N) is 1. The average molecular weight is 164 g/mol. The van der Waals surface area contributed by atoms with Crippen LogP contribution in [0.4, 0.5) is 0 Å². The summed E-state index contributed by atoms with van der Waals surface area (Å²) in [7, 11) is 0. The molecule has 1 fully saturated rings. The van der Waals surface area contributed by atoms with Crippen LogP contribution in [0.25, 0.3) is 0 Å². The molecule has 1 unspecified atom stereocenters. The van der Waals surface area contributed by atoms with Gasteiger partial charge in [-0.25, -0.2) is 0 Å². The molecule has 1 heterocycles. The molecule has 2 nitrogen and oxygen atoms in total. The molecule has 0 bridgehead atoms. The van der Waals surface area contributed by atoms with Crippen molar-refractivity contribution in [2.45, 2.75) is 31.7 Å². The molecule has 1 saturated heterocycles. The number of carbonyl (C=O) groups is 1. The van der Waals surface area contributed by atoms with E-state index in [9.17, 15) is 4.79 Å². The second kappa shape index (κ2) is 4.95. The van der Waals surface area contributed by atoms with E-state index in [0.29, 0.717) is 12.8 Å². The largest absolute Gasteiger partial charge is 0.303 e. The summed E-state index contributed by atoms with van der Waals surface area (Å²) in [6, 6.07) is 0.238. The summed E-state index contributed by atoms with van der Waals surface area (Å²) in [4.78, 5) is 12.6. The maximum absolute atomic E-state index is 10.3. The number of aldehydes is 1. The van der Waals surface area contributed by atoms with E-state index >= 15 is 0 Å². The molecule has 2 heteroatoms. The standard InChI is InChI=1S/C10H14NO/c1-2-5-10(6-9-12)11-7-3-4-8-11/h9-10H,3-8H2. The summed E-state index contributed by atoms with van der Waals surface area (Å²) in [6.07, 6.45) is 11.4. The highest BCUT2D eigenvalue weighted by Gasteiger charge is 2.20. The quantitative estimate of drug-likeness (QED) is 0.456. The van der Waals surface area contributed by atoms with Crippen molar-refractivity contribution in [3.05, 3.63) is 6.42 Å². The van der Waals surface area contributed by atoms with Gasteiger partial charge in [0.2, 0.25) is 0 Å². The third-order valence-electron chi connectivity index (χ3n) is 2.36. The van der Waals surface area contributed by atoms with Crippen LogP contribution in [0.1, 0.15) is 25.7 Å². The Hall–Kier alpha value is -0.810. The average Bonchev–Trinajstić information content (AvgIpc) is 2.56. The zero-order valence-electron chi connectivity index (χ0n) is 7.25. The lowest BCUT2D eigenvalue weighted by molar-refractivity contribution is -0.108. The van der Waals surface area contributed by atoms with Crippen LogP contribution in [0.3, 0.4) is 0 Å². The second-order valence-electron chi connectivity index (χ2n) is 3.18. The Morgan fingerprint density at radius 1 is 1.50 bits per heavy atom. The van der Waals surface area contributed by atoms with Crippen molar-refractivity contribution < 1.29 is 4.79 Å². The van der Waals surface area contributed by atoms with Gasteiger partial charge in [0.1, 0.15) is 6.29 Å². The first-order valence-electron chi connectivity index (χ1n) is 4.45. The first-order chi connectivity index (χ1) is 5.88. The zero-order valence-corrected chi connectivity index (χ0v) is 7.25. The molecule has 0 spiro atoms. The van der Waals surface area contributed by atoms with Crippen LogP contribution in [0.5, 0.6) is 0 Å². The molecule has 1 rings (SSSR count). The maximum Gasteiger partial charge on any atom is 0.121 e. The molecule has 0 saturated carbocycles. The van der Waals surface area contributed by atoms with Crippen molar-refractivity contribution in [3.63, 3.8) is 0 Å². The Morgan fingerprint density at radius 2 is 2.17 bits per heavy atom. The van der Waals surface area contributed by atoms with Crippen LogP contribution < -0.4 is 0 Å². The highest BCUT2D eigenvalue weighted by Crippen LogP contribution is 2.15. The predicted octanol–water partition coefficient (Wildman–Crippen LogP) is 1.02. The molecule has 0 aromatic heterocycles. The molecule has 0 amide bonds. The summed E-state index contributed by atoms with van der Waals surface area (Å²) < 4.78 is 0. The summed E-state index contributed by atoms with van der Waals surface area (Å²) in [5, 5.41) is 0. The van der Waals surface area contributed by atoms with Crippen molar-refractivity contribution in [3.8, 4) is 5.92 Å². The topological polar surface area (TPSA) is 20.3 Å². The molecule has 1 atom stereocenters. The van der Waals surface area contributed by atoms with Crippen LogP contribution in [-0.4, -0.2) is 30.3 Å². The van der Waals surface area contributed by atoms with Gasteiger partial charge in [-0.2, -0.15) is 0 Å². The lowest BCUT2D eigenvalue weighted by Gasteiger charge is -2.23. The number of carbonyl (C=O) groups excluding carboxylic acids is 1. The van der Waals surface area contributed by atoms with Crippen LogP contribution in [0, 0.1) is 12.3 Å². The summed E-state index contributed by atoms with van der Waals surface area (Å²) in [5.41, 5.74) is 0. The number of rotatable bonds is 4. The Morgan fingerprint density at radius 3 is 2.67 bits per heavy atom. The molecule has 65 valence electrons. The molecule has 0 N–H and O–H groups in total. The summed E-state index contributed by atoms with van der Waals surface area (Å²) >= 11 is 0. The maximum atomic E-state index is 10.3. The minimum Gasteiger partial charge on any atom is -0.303 e. The summed E-state index contributed by atoms with van der Waals surface area (Å²) in [5.74, 6) is 2.38. The van der Waals surface area contributed by atoms with Crippen molar-refractivity contribution in [2.24, 2.45) is 0 Å². The minimum atomic E-state index is 0.238. The van der Waals surface area contributed by atoms with Crippen molar-refractivity contribution in [1.82, 2.24) is 4.90 Å². The molecule has 0 aliphatic carbocycles. The second-order valence-corrected chi connectivity index (χ2v) is 3.18. The molecule has 12 heavy (non-hydrogen) atoms. The van der Waals surface area contributed by atoms with E-state index in [1.807, 2.05) is 0 Å². The van der Waals surface area contributed by atoms with Crippen molar-refractivity contribution >= 4 is 6.29 Å². The highest BCUT2D eigenvalue weighted by atomic mass is 16.1. The SMILES string of the molecule is [C]#CCC(CC=O)N1CCCC1. The van der Waals surface area contributed by atoms with Gasteiger partial charge in [0.05, 0.1) is 0 Å². The Labute approximate surface area is 73.9 Å². The van der Waals surface area contributed by atoms with Gasteiger partial charge in [0, 0.05) is 18.9 Å². The van der Waals surface area contributed by atoms with Crippen molar-refractivity contribution in [2.75, 3.05) is 13.1 Å². The van der Waals surface area contributed by atoms with Gasteiger partial charge >= 0.3 is 0 Å². The van der Waals surface area contributed by atoms with Crippen LogP contribution in [0.2, 0.25) is 0 Å². The van der Waals surface area contributed by atoms with E-state index in [4.69, 9.17) is 6.42 Å². The molecule has 0 aromatic carbocycles. The fourth-order valence-corrected chi connectivity index (χ4v) is 1.70. The third-order valence-corrected chi connectivity index (χ3v) is 2.36. The van der Waals surface area contributed by atoms with Crippen LogP contribution in [-0.2, 0) is 4.79 Å². The fraction of sp³-hybridized carbons (Fsp3) is 0.700. The van der Waals surface area contributed by atoms with Gasteiger partial charge in [-0.15, -0.1) is 0 Å². The smallest absolute Gasteiger partial charge is 0.121 e. The van der Waals surface area contributed by atoms with E-state index < -0.39 is 0 Å². The van der Waals surface area contributed by atoms with Gasteiger partial charge in [-0.1, -0.05) is 5.92 Å². The van der Waals surface area contributed by atoms with Crippen molar-refractivity contribution in [1.29, 1.82) is 0 Å². The predicted molar refractivity (Wildman–Crippen MR) is 47.0 cm³/mol. The van der Waals surface area contributed by atoms with Gasteiger partial charge < -0.3 is 4.79 Å².